The van der Waals surface area contributed by atoms with Crippen molar-refractivity contribution >= 4 is 19.7 Å². The van der Waals surface area contributed by atoms with Gasteiger partial charge in [0.25, 0.3) is 8.53 Å². The van der Waals surface area contributed by atoms with E-state index in [1.54, 1.807) is 20.5 Å². The molecule has 1 N–H and O–H groups in total. The number of nitrogens with one attached hydrogen (secondary N) is 1. The van der Waals surface area contributed by atoms with Crippen molar-refractivity contribution in [1.82, 2.24) is 9.99 Å². The molecule has 2 unspecified atom stereocenters. The molecule has 0 fully saturated rings. The minimum atomic E-state index is -1.22. The Hall–Kier alpha value is -2.67. The lowest BCUT2D eigenvalue weighted by atomic mass is 9.76. The minimum Gasteiger partial charge on any atom is -0.612 e. The molecule has 256 valence electrons. The number of nitrogens with zero attached hydrogens (tertiary/aromatic N) is 2. The molecule has 0 aromatic heterocycles. The van der Waals surface area contributed by atoms with E-state index in [0.29, 0.717) is 19.6 Å². The molecule has 3 aromatic carbocycles. The first kappa shape index (κ1) is 38.8. The van der Waals surface area contributed by atoms with Crippen LogP contribution in [-0.4, -0.2) is 61.5 Å². The van der Waals surface area contributed by atoms with Gasteiger partial charge >= 0.3 is 0 Å². The Bertz CT molecular complexity index is 1290. The van der Waals surface area contributed by atoms with Crippen molar-refractivity contribution in [1.29, 1.82) is 5.26 Å². The normalized spacial score (nSPS) is 13.1. The number of nitriles is 1. The monoisotopic (exact) mass is 681 g/mol. The summed E-state index contributed by atoms with van der Waals surface area (Å²) >= 11 is -1.07. The molecule has 0 bridgehead atoms. The highest BCUT2D eigenvalue weighted by Gasteiger charge is 2.36. The maximum Gasteiger partial charge on any atom is 0.259 e. The van der Waals surface area contributed by atoms with E-state index in [4.69, 9.17) is 23.8 Å². The Morgan fingerprint density at radius 2 is 1.23 bits per heavy atom. The van der Waals surface area contributed by atoms with Crippen molar-refractivity contribution in [2.24, 2.45) is 0 Å². The first-order valence-corrected chi connectivity index (χ1v) is 19.1. The van der Waals surface area contributed by atoms with Gasteiger partial charge in [0.2, 0.25) is 0 Å². The molecule has 0 radical (unpaired) electrons. The van der Waals surface area contributed by atoms with E-state index < -0.39 is 25.2 Å². The second-order valence-electron chi connectivity index (χ2n) is 11.9. The van der Waals surface area contributed by atoms with Gasteiger partial charge in [-0.2, -0.15) is 5.26 Å². The smallest absolute Gasteiger partial charge is 0.259 e. The standard InChI is InChI=1S/C37H52N3O5PS/c1-29(2)40(30(3)4)46(45-28-12-25-38)44-27-11-9-8-10-26-39-37(31-13-19-34(42-5)20-14-31,32-15-21-35(43-6)22-16-32)33-17-23-36(24-18-33)47(7)41/h13-24,29-30,39H,8-12,26-28H2,1-7H3. The zero-order valence-electron chi connectivity index (χ0n) is 29.0. The van der Waals surface area contributed by atoms with E-state index in [-0.39, 0.29) is 12.1 Å². The van der Waals surface area contributed by atoms with Crippen LogP contribution in [-0.2, 0) is 25.8 Å². The molecule has 3 aromatic rings. The Labute approximate surface area is 286 Å². The zero-order chi connectivity index (χ0) is 34.2. The molecule has 0 aliphatic rings. The van der Waals surface area contributed by atoms with E-state index in [1.807, 2.05) is 36.4 Å². The van der Waals surface area contributed by atoms with Gasteiger partial charge in [0.05, 0.1) is 45.5 Å². The van der Waals surface area contributed by atoms with Crippen LogP contribution in [0.4, 0.5) is 0 Å². The number of rotatable bonds is 21. The Morgan fingerprint density at radius 3 is 1.68 bits per heavy atom. The first-order valence-electron chi connectivity index (χ1n) is 16.4. The number of ether oxygens (including phenoxy) is 2. The van der Waals surface area contributed by atoms with Crippen molar-refractivity contribution in [3.63, 3.8) is 0 Å². The average molecular weight is 682 g/mol. The van der Waals surface area contributed by atoms with E-state index >= 15 is 0 Å². The van der Waals surface area contributed by atoms with Crippen LogP contribution in [0.5, 0.6) is 11.5 Å². The van der Waals surface area contributed by atoms with Crippen LogP contribution in [0.3, 0.4) is 0 Å². The van der Waals surface area contributed by atoms with Gasteiger partial charge in [0.1, 0.15) is 17.8 Å². The summed E-state index contributed by atoms with van der Waals surface area (Å²) in [5.74, 6) is 1.58. The molecule has 0 aliphatic carbocycles. The minimum absolute atomic E-state index is 0.284. The highest BCUT2D eigenvalue weighted by Crippen LogP contribution is 2.46. The van der Waals surface area contributed by atoms with Crippen molar-refractivity contribution < 1.29 is 23.1 Å². The summed E-state index contributed by atoms with van der Waals surface area (Å²) in [6.07, 6.45) is 6.03. The quantitative estimate of drug-likeness (QED) is 0.0520. The number of hydrogen-bond acceptors (Lipinski definition) is 8. The van der Waals surface area contributed by atoms with Crippen LogP contribution >= 0.6 is 8.53 Å². The molecule has 2 atom stereocenters. The van der Waals surface area contributed by atoms with Crippen LogP contribution < -0.4 is 14.8 Å². The molecule has 8 nitrogen and oxygen atoms in total. The van der Waals surface area contributed by atoms with Gasteiger partial charge in [-0.3, -0.25) is 5.32 Å². The summed E-state index contributed by atoms with van der Waals surface area (Å²) in [5.41, 5.74) is 2.54. The SMILES string of the molecule is COc1ccc(C(NCCCCCCOP(OCCC#N)N(C(C)C)C(C)C)(c2ccc(OC)cc2)c2ccc([S+](C)[O-])cc2)cc1. The first-order chi connectivity index (χ1) is 22.7. The Balaban J connectivity index is 1.75. The molecule has 10 heteroatoms. The van der Waals surface area contributed by atoms with Crippen LogP contribution in [0.25, 0.3) is 0 Å². The second-order valence-corrected chi connectivity index (χ2v) is 14.7. The molecule has 0 amide bonds. The van der Waals surface area contributed by atoms with Gasteiger partial charge in [0, 0.05) is 12.1 Å². The van der Waals surface area contributed by atoms with E-state index in [9.17, 15) is 4.55 Å². The van der Waals surface area contributed by atoms with Crippen LogP contribution in [0.1, 0.15) is 76.5 Å². The highest BCUT2D eigenvalue weighted by molar-refractivity contribution is 7.90. The molecule has 0 spiro atoms. The number of hydrogen-bond donors (Lipinski definition) is 1. The predicted octanol–water partition coefficient (Wildman–Crippen LogP) is 8.18. The lowest BCUT2D eigenvalue weighted by Gasteiger charge is -2.37. The molecule has 0 saturated carbocycles. The molecule has 3 rings (SSSR count). The van der Waals surface area contributed by atoms with Gasteiger partial charge in [-0.25, -0.2) is 4.67 Å². The van der Waals surface area contributed by atoms with Crippen molar-refractivity contribution in [3.05, 3.63) is 89.5 Å². The zero-order valence-corrected chi connectivity index (χ0v) is 30.7. The van der Waals surface area contributed by atoms with Gasteiger partial charge < -0.3 is 23.1 Å². The summed E-state index contributed by atoms with van der Waals surface area (Å²) in [7, 11) is 2.13. The molecule has 0 saturated heterocycles. The average Bonchev–Trinajstić information content (AvgIpc) is 3.07. The third kappa shape index (κ3) is 10.9. The summed E-state index contributed by atoms with van der Waals surface area (Å²) in [4.78, 5) is 0.790. The number of benzene rings is 3. The highest BCUT2D eigenvalue weighted by atomic mass is 32.2. The van der Waals surface area contributed by atoms with Crippen molar-refractivity contribution in [2.75, 3.05) is 40.2 Å². The van der Waals surface area contributed by atoms with E-state index in [0.717, 1.165) is 65.3 Å². The fourth-order valence-electron chi connectivity index (χ4n) is 5.70. The summed E-state index contributed by atoms with van der Waals surface area (Å²) in [6.45, 7) is 10.4. The van der Waals surface area contributed by atoms with Gasteiger partial charge in [0.15, 0.2) is 4.90 Å². The van der Waals surface area contributed by atoms with Crippen molar-refractivity contribution in [3.8, 4) is 17.6 Å². The molecule has 0 aliphatic heterocycles. The molecular formula is C37H52N3O5PS. The lowest BCUT2D eigenvalue weighted by Crippen LogP contribution is -2.45. The summed E-state index contributed by atoms with van der Waals surface area (Å²) < 4.78 is 37.8. The van der Waals surface area contributed by atoms with E-state index in [1.165, 1.54) is 0 Å². The summed E-state index contributed by atoms with van der Waals surface area (Å²) in [6, 6.07) is 27.2. The van der Waals surface area contributed by atoms with Crippen LogP contribution in [0, 0.1) is 11.3 Å². The lowest BCUT2D eigenvalue weighted by molar-refractivity contribution is 0.174. The van der Waals surface area contributed by atoms with Gasteiger partial charge in [-0.15, -0.1) is 0 Å². The van der Waals surface area contributed by atoms with Gasteiger partial charge in [-0.1, -0.05) is 49.2 Å². The fourth-order valence-corrected chi connectivity index (χ4v) is 7.84. The Morgan fingerprint density at radius 1 is 0.766 bits per heavy atom. The van der Waals surface area contributed by atoms with Crippen LogP contribution in [0.15, 0.2) is 77.7 Å². The third-order valence-corrected chi connectivity index (χ3v) is 11.0. The largest absolute Gasteiger partial charge is 0.612 e. The third-order valence-electron chi connectivity index (χ3n) is 7.99. The predicted molar refractivity (Wildman–Crippen MR) is 192 cm³/mol. The molecule has 0 heterocycles. The molecule has 47 heavy (non-hydrogen) atoms. The van der Waals surface area contributed by atoms with Crippen molar-refractivity contribution in [2.45, 2.75) is 82.3 Å². The maximum atomic E-state index is 12.2. The number of methoxy groups -OCH3 is 2. The molecular weight excluding hydrogens is 629 g/mol. The second kappa shape index (κ2) is 20.0. The fraction of sp³-hybridized carbons (Fsp3) is 0.486. The maximum absolute atomic E-state index is 12.2. The number of unbranched alkanes of at least 4 members (excludes halogenated alkanes) is 3. The van der Waals surface area contributed by atoms with Gasteiger partial charge in [-0.05, 0) is 111 Å². The Kier molecular flexibility index (Phi) is 16.5. The van der Waals surface area contributed by atoms with Crippen LogP contribution in [0.2, 0.25) is 0 Å². The topological polar surface area (TPSA) is 99.0 Å². The summed E-state index contributed by atoms with van der Waals surface area (Å²) in [5, 5.41) is 12.9. The van der Waals surface area contributed by atoms with E-state index in [2.05, 4.69) is 80.1 Å².